The number of rotatable bonds is 3. The summed E-state index contributed by atoms with van der Waals surface area (Å²) in [6, 6.07) is -1.34. The number of aryl methyl sites for hydroxylation is 2. The molecule has 0 radical (unpaired) electrons. The smallest absolute Gasteiger partial charge is 0.323 e. The molecule has 0 aliphatic carbocycles. The summed E-state index contributed by atoms with van der Waals surface area (Å²) in [6.45, 7) is 1.74. The molecule has 0 bridgehead atoms. The lowest BCUT2D eigenvalue weighted by Crippen LogP contribution is -2.37. The topological polar surface area (TPSA) is 101 Å². The summed E-state index contributed by atoms with van der Waals surface area (Å²) < 4.78 is 1.50. The minimum absolute atomic E-state index is 0.308. The third kappa shape index (κ3) is 1.91. The van der Waals surface area contributed by atoms with Gasteiger partial charge in [0.25, 0.3) is 0 Å². The number of nitrogens with zero attached hydrogens (tertiary/aromatic N) is 2. The second kappa shape index (κ2) is 3.77. The number of hydrogen-bond donors (Lipinski definition) is 3. The molecule has 0 aliphatic rings. The average Bonchev–Trinajstić information content (AvgIpc) is 2.42. The van der Waals surface area contributed by atoms with Crippen molar-refractivity contribution >= 4 is 5.97 Å². The van der Waals surface area contributed by atoms with Gasteiger partial charge in [0.05, 0.1) is 5.69 Å². The van der Waals surface area contributed by atoms with Crippen LogP contribution in [0.3, 0.4) is 0 Å². The number of hydrogen-bond acceptors (Lipinski definition) is 4. The molecule has 6 nitrogen and oxygen atoms in total. The Morgan fingerprint density at radius 1 is 1.71 bits per heavy atom. The minimum atomic E-state index is -1.34. The number of carboxylic acid groups (broad SMARTS) is 1. The summed E-state index contributed by atoms with van der Waals surface area (Å²) in [5, 5.41) is 22.1. The number of aliphatic hydroxyl groups is 1. The molecule has 0 aliphatic heterocycles. The van der Waals surface area contributed by atoms with Crippen LogP contribution in [0.2, 0.25) is 0 Å². The molecule has 2 atom stereocenters. The maximum Gasteiger partial charge on any atom is 0.323 e. The SMILES string of the molecule is Cc1cn(C)nc1C(O)C(N)C(=O)O. The van der Waals surface area contributed by atoms with E-state index < -0.39 is 18.1 Å². The summed E-state index contributed by atoms with van der Waals surface area (Å²) in [5.41, 5.74) is 6.30. The lowest BCUT2D eigenvalue weighted by Gasteiger charge is -2.12. The van der Waals surface area contributed by atoms with Crippen molar-refractivity contribution in [3.63, 3.8) is 0 Å². The zero-order valence-electron chi connectivity index (χ0n) is 8.01. The molecule has 0 spiro atoms. The van der Waals surface area contributed by atoms with Crippen molar-refractivity contribution < 1.29 is 15.0 Å². The number of carboxylic acids is 1. The van der Waals surface area contributed by atoms with Gasteiger partial charge < -0.3 is 15.9 Å². The van der Waals surface area contributed by atoms with Gasteiger partial charge in [0.2, 0.25) is 0 Å². The van der Waals surface area contributed by atoms with Crippen molar-refractivity contribution in [2.24, 2.45) is 12.8 Å². The first-order valence-corrected chi connectivity index (χ1v) is 4.10. The molecule has 0 fully saturated rings. The van der Waals surface area contributed by atoms with Gasteiger partial charge in [0.15, 0.2) is 0 Å². The predicted octanol–water partition coefficient (Wildman–Crippen LogP) is -0.826. The summed E-state index contributed by atoms with van der Waals surface area (Å²) in [5.74, 6) is -1.25. The van der Waals surface area contributed by atoms with E-state index in [4.69, 9.17) is 10.8 Å². The van der Waals surface area contributed by atoms with Crippen LogP contribution < -0.4 is 5.73 Å². The highest BCUT2D eigenvalue weighted by atomic mass is 16.4. The lowest BCUT2D eigenvalue weighted by atomic mass is 10.1. The molecule has 2 unspecified atom stereocenters. The molecule has 1 rings (SSSR count). The molecule has 14 heavy (non-hydrogen) atoms. The summed E-state index contributed by atoms with van der Waals surface area (Å²) in [7, 11) is 1.69. The first-order chi connectivity index (χ1) is 6.43. The van der Waals surface area contributed by atoms with E-state index in [-0.39, 0.29) is 0 Å². The molecule has 1 heterocycles. The third-order valence-corrected chi connectivity index (χ3v) is 1.96. The van der Waals surface area contributed by atoms with Crippen LogP contribution in [0.15, 0.2) is 6.20 Å². The number of carbonyl (C=O) groups is 1. The Hall–Kier alpha value is -1.40. The number of aromatic nitrogens is 2. The fourth-order valence-electron chi connectivity index (χ4n) is 1.22. The Balaban J connectivity index is 2.94. The molecule has 4 N–H and O–H groups in total. The number of aliphatic hydroxyl groups excluding tert-OH is 1. The first-order valence-electron chi connectivity index (χ1n) is 4.10. The van der Waals surface area contributed by atoms with E-state index in [1.807, 2.05) is 0 Å². The Morgan fingerprint density at radius 3 is 2.64 bits per heavy atom. The quantitative estimate of drug-likeness (QED) is 0.590. The van der Waals surface area contributed by atoms with Crippen LogP contribution >= 0.6 is 0 Å². The Labute approximate surface area is 81.0 Å². The zero-order chi connectivity index (χ0) is 10.9. The monoisotopic (exact) mass is 199 g/mol. The van der Waals surface area contributed by atoms with Crippen molar-refractivity contribution in [1.82, 2.24) is 9.78 Å². The van der Waals surface area contributed by atoms with Gasteiger partial charge in [-0.1, -0.05) is 0 Å². The molecular formula is C8H13N3O3. The molecule has 1 aromatic heterocycles. The second-order valence-corrected chi connectivity index (χ2v) is 3.18. The van der Waals surface area contributed by atoms with E-state index in [2.05, 4.69) is 5.10 Å². The highest BCUT2D eigenvalue weighted by Gasteiger charge is 2.26. The molecule has 0 saturated carbocycles. The number of nitrogens with two attached hydrogens (primary N) is 1. The normalized spacial score (nSPS) is 15.1. The van der Waals surface area contributed by atoms with Gasteiger partial charge in [-0.25, -0.2) is 0 Å². The third-order valence-electron chi connectivity index (χ3n) is 1.96. The van der Waals surface area contributed by atoms with Gasteiger partial charge in [-0.2, -0.15) is 5.10 Å². The zero-order valence-corrected chi connectivity index (χ0v) is 8.01. The van der Waals surface area contributed by atoms with Crippen molar-refractivity contribution in [2.45, 2.75) is 19.1 Å². The van der Waals surface area contributed by atoms with Crippen LogP contribution in [-0.4, -0.2) is 32.0 Å². The van der Waals surface area contributed by atoms with Crippen molar-refractivity contribution in [3.05, 3.63) is 17.5 Å². The minimum Gasteiger partial charge on any atom is -0.480 e. The number of aliphatic carboxylic acids is 1. The summed E-state index contributed by atoms with van der Waals surface area (Å²) in [4.78, 5) is 10.5. The Bertz CT molecular complexity index is 348. The van der Waals surface area contributed by atoms with E-state index in [0.29, 0.717) is 5.69 Å². The van der Waals surface area contributed by atoms with Crippen LogP contribution in [0, 0.1) is 6.92 Å². The second-order valence-electron chi connectivity index (χ2n) is 3.18. The van der Waals surface area contributed by atoms with Crippen molar-refractivity contribution in [3.8, 4) is 0 Å². The highest BCUT2D eigenvalue weighted by Crippen LogP contribution is 2.17. The van der Waals surface area contributed by atoms with Crippen molar-refractivity contribution in [1.29, 1.82) is 0 Å². The molecule has 78 valence electrons. The Kier molecular flexibility index (Phi) is 2.87. The van der Waals surface area contributed by atoms with Crippen LogP contribution in [0.1, 0.15) is 17.4 Å². The largest absolute Gasteiger partial charge is 0.480 e. The van der Waals surface area contributed by atoms with Crippen molar-refractivity contribution in [2.75, 3.05) is 0 Å². The summed E-state index contributed by atoms with van der Waals surface area (Å²) >= 11 is 0. The van der Waals surface area contributed by atoms with E-state index in [1.165, 1.54) is 4.68 Å². The molecule has 6 heteroatoms. The van der Waals surface area contributed by atoms with Gasteiger partial charge in [-0.15, -0.1) is 0 Å². The molecule has 0 amide bonds. The van der Waals surface area contributed by atoms with Gasteiger partial charge >= 0.3 is 5.97 Å². The summed E-state index contributed by atoms with van der Waals surface area (Å²) in [6.07, 6.45) is 0.418. The average molecular weight is 199 g/mol. The van der Waals surface area contributed by atoms with Gasteiger partial charge in [0, 0.05) is 13.2 Å². The van der Waals surface area contributed by atoms with E-state index in [0.717, 1.165) is 5.56 Å². The first kappa shape index (κ1) is 10.7. The van der Waals surface area contributed by atoms with E-state index in [9.17, 15) is 9.90 Å². The van der Waals surface area contributed by atoms with E-state index >= 15 is 0 Å². The molecule has 0 saturated heterocycles. The maximum absolute atomic E-state index is 10.5. The maximum atomic E-state index is 10.5. The fourth-order valence-corrected chi connectivity index (χ4v) is 1.22. The van der Waals surface area contributed by atoms with Crippen LogP contribution in [0.4, 0.5) is 0 Å². The van der Waals surface area contributed by atoms with Gasteiger partial charge in [0.1, 0.15) is 12.1 Å². The van der Waals surface area contributed by atoms with Crippen LogP contribution in [0.5, 0.6) is 0 Å². The lowest BCUT2D eigenvalue weighted by molar-refractivity contribution is -0.141. The fraction of sp³-hybridized carbons (Fsp3) is 0.500. The van der Waals surface area contributed by atoms with Gasteiger partial charge in [-0.05, 0) is 12.5 Å². The molecular weight excluding hydrogens is 186 g/mol. The predicted molar refractivity (Wildman–Crippen MR) is 48.5 cm³/mol. The standard InChI is InChI=1S/C8H13N3O3/c1-4-3-11(2)10-6(4)7(12)5(9)8(13)14/h3,5,7,12H,9H2,1-2H3,(H,13,14). The van der Waals surface area contributed by atoms with E-state index in [1.54, 1.807) is 20.2 Å². The van der Waals surface area contributed by atoms with Crippen LogP contribution in [0.25, 0.3) is 0 Å². The van der Waals surface area contributed by atoms with Gasteiger partial charge in [-0.3, -0.25) is 9.48 Å². The molecule has 0 aromatic carbocycles. The van der Waals surface area contributed by atoms with Crippen LogP contribution in [-0.2, 0) is 11.8 Å². The highest BCUT2D eigenvalue weighted by molar-refractivity contribution is 5.74. The molecule has 1 aromatic rings. The Morgan fingerprint density at radius 2 is 2.29 bits per heavy atom.